The van der Waals surface area contributed by atoms with Crippen LogP contribution in [-0.4, -0.2) is 36.8 Å². The smallest absolute Gasteiger partial charge is 0.227 e. The van der Waals surface area contributed by atoms with E-state index >= 15 is 0 Å². The van der Waals surface area contributed by atoms with Gasteiger partial charge in [0.25, 0.3) is 0 Å². The second kappa shape index (κ2) is 5.98. The van der Waals surface area contributed by atoms with Crippen molar-refractivity contribution in [1.29, 1.82) is 0 Å². The van der Waals surface area contributed by atoms with Gasteiger partial charge in [-0.25, -0.2) is 0 Å². The lowest BCUT2D eigenvalue weighted by molar-refractivity contribution is -0.119. The molecule has 2 rings (SSSR count). The van der Waals surface area contributed by atoms with Gasteiger partial charge in [0, 0.05) is 18.7 Å². The molecule has 1 aliphatic heterocycles. The molecule has 4 heteroatoms. The third kappa shape index (κ3) is 2.89. The molecule has 1 aromatic carbocycles. The molecule has 1 unspecified atom stereocenters. The third-order valence-electron chi connectivity index (χ3n) is 3.21. The molecule has 98 valence electrons. The average molecular weight is 248 g/mol. The molecule has 1 atom stereocenters. The summed E-state index contributed by atoms with van der Waals surface area (Å²) in [5.41, 5.74) is 2.14. The Morgan fingerprint density at radius 1 is 1.39 bits per heavy atom. The van der Waals surface area contributed by atoms with E-state index in [0.717, 1.165) is 18.7 Å². The van der Waals surface area contributed by atoms with Crippen LogP contribution in [0.25, 0.3) is 0 Å². The molecule has 0 radical (unpaired) electrons. The maximum Gasteiger partial charge on any atom is 0.227 e. The van der Waals surface area contributed by atoms with E-state index in [9.17, 15) is 9.90 Å². The third-order valence-corrected chi connectivity index (χ3v) is 3.21. The first-order chi connectivity index (χ1) is 8.72. The monoisotopic (exact) mass is 248 g/mol. The first-order valence-electron chi connectivity index (χ1n) is 6.49. The minimum absolute atomic E-state index is 0.101. The largest absolute Gasteiger partial charge is 0.390 e. The SMILES string of the molecule is CCNCC(O)CN1C(=O)CCc2ccccc21. The second-order valence-electron chi connectivity index (χ2n) is 4.59. The van der Waals surface area contributed by atoms with E-state index in [-0.39, 0.29) is 5.91 Å². The molecule has 2 N–H and O–H groups in total. The minimum atomic E-state index is -0.528. The molecule has 1 aliphatic rings. The van der Waals surface area contributed by atoms with Crippen LogP contribution in [0.5, 0.6) is 0 Å². The van der Waals surface area contributed by atoms with Gasteiger partial charge in [0.05, 0.1) is 12.6 Å². The predicted octanol–water partition coefficient (Wildman–Crippen LogP) is 0.936. The van der Waals surface area contributed by atoms with Crippen LogP contribution >= 0.6 is 0 Å². The average Bonchev–Trinajstić information content (AvgIpc) is 2.40. The minimum Gasteiger partial charge on any atom is -0.390 e. The lowest BCUT2D eigenvalue weighted by Gasteiger charge is -2.31. The molecule has 0 fully saturated rings. The van der Waals surface area contributed by atoms with Crippen LogP contribution in [0.3, 0.4) is 0 Å². The van der Waals surface area contributed by atoms with Gasteiger partial charge in [0.1, 0.15) is 0 Å². The van der Waals surface area contributed by atoms with E-state index in [1.807, 2.05) is 31.2 Å². The summed E-state index contributed by atoms with van der Waals surface area (Å²) in [5.74, 6) is 0.101. The molecular formula is C14H20N2O2. The number of amides is 1. The number of aryl methyl sites for hydroxylation is 1. The number of aliphatic hydroxyl groups is 1. The molecule has 0 aliphatic carbocycles. The van der Waals surface area contributed by atoms with Crippen molar-refractivity contribution in [3.05, 3.63) is 29.8 Å². The Balaban J connectivity index is 2.09. The summed E-state index contributed by atoms with van der Waals surface area (Å²) in [6.07, 6.45) is 0.805. The Labute approximate surface area is 108 Å². The van der Waals surface area contributed by atoms with Crippen LogP contribution in [-0.2, 0) is 11.2 Å². The lowest BCUT2D eigenvalue weighted by atomic mass is 10.0. The molecule has 0 saturated carbocycles. The van der Waals surface area contributed by atoms with Crippen molar-refractivity contribution in [1.82, 2.24) is 5.32 Å². The molecule has 0 aromatic heterocycles. The Kier molecular flexibility index (Phi) is 4.33. The van der Waals surface area contributed by atoms with E-state index in [1.165, 1.54) is 5.56 Å². The summed E-state index contributed by atoms with van der Waals surface area (Å²) in [7, 11) is 0. The van der Waals surface area contributed by atoms with Crippen LogP contribution in [0.4, 0.5) is 5.69 Å². The maximum absolute atomic E-state index is 12.0. The van der Waals surface area contributed by atoms with Crippen molar-refractivity contribution < 1.29 is 9.90 Å². The van der Waals surface area contributed by atoms with Crippen molar-refractivity contribution in [2.45, 2.75) is 25.9 Å². The van der Waals surface area contributed by atoms with Crippen LogP contribution in [0.15, 0.2) is 24.3 Å². The van der Waals surface area contributed by atoms with Crippen molar-refractivity contribution in [3.8, 4) is 0 Å². The molecule has 0 spiro atoms. The van der Waals surface area contributed by atoms with Gasteiger partial charge >= 0.3 is 0 Å². The number of anilines is 1. The number of aliphatic hydroxyl groups excluding tert-OH is 1. The number of para-hydroxylation sites is 1. The lowest BCUT2D eigenvalue weighted by Crippen LogP contribution is -2.43. The zero-order valence-corrected chi connectivity index (χ0v) is 10.7. The van der Waals surface area contributed by atoms with Crippen molar-refractivity contribution in [3.63, 3.8) is 0 Å². The van der Waals surface area contributed by atoms with Gasteiger partial charge in [-0.1, -0.05) is 25.1 Å². The fourth-order valence-electron chi connectivity index (χ4n) is 2.28. The predicted molar refractivity (Wildman–Crippen MR) is 71.7 cm³/mol. The summed E-state index contributed by atoms with van der Waals surface area (Å²) in [5, 5.41) is 13.0. The van der Waals surface area contributed by atoms with Gasteiger partial charge in [-0.05, 0) is 24.6 Å². The fourth-order valence-corrected chi connectivity index (χ4v) is 2.28. The topological polar surface area (TPSA) is 52.6 Å². The molecule has 0 saturated heterocycles. The molecule has 1 heterocycles. The fraction of sp³-hybridized carbons (Fsp3) is 0.500. The van der Waals surface area contributed by atoms with Crippen molar-refractivity contribution in [2.24, 2.45) is 0 Å². The van der Waals surface area contributed by atoms with Crippen molar-refractivity contribution in [2.75, 3.05) is 24.5 Å². The maximum atomic E-state index is 12.0. The standard InChI is InChI=1S/C14H20N2O2/c1-2-15-9-12(17)10-16-13-6-4-3-5-11(13)7-8-14(16)18/h3-6,12,15,17H,2,7-10H2,1H3. The molecule has 1 amide bonds. The van der Waals surface area contributed by atoms with E-state index in [1.54, 1.807) is 4.90 Å². The number of fused-ring (bicyclic) bond motifs is 1. The van der Waals surface area contributed by atoms with E-state index < -0.39 is 6.10 Å². The van der Waals surface area contributed by atoms with Crippen LogP contribution in [0.2, 0.25) is 0 Å². The van der Waals surface area contributed by atoms with Crippen LogP contribution in [0.1, 0.15) is 18.9 Å². The number of benzene rings is 1. The van der Waals surface area contributed by atoms with Gasteiger partial charge in [-0.15, -0.1) is 0 Å². The molecular weight excluding hydrogens is 228 g/mol. The zero-order valence-electron chi connectivity index (χ0n) is 10.7. The van der Waals surface area contributed by atoms with Crippen LogP contribution in [0, 0.1) is 0 Å². The highest BCUT2D eigenvalue weighted by molar-refractivity contribution is 5.96. The number of nitrogens with one attached hydrogen (secondary N) is 1. The molecule has 4 nitrogen and oxygen atoms in total. The highest BCUT2D eigenvalue weighted by atomic mass is 16.3. The molecule has 18 heavy (non-hydrogen) atoms. The van der Waals surface area contributed by atoms with Crippen LogP contribution < -0.4 is 10.2 Å². The van der Waals surface area contributed by atoms with Gasteiger partial charge < -0.3 is 15.3 Å². The van der Waals surface area contributed by atoms with E-state index in [4.69, 9.17) is 0 Å². The molecule has 1 aromatic rings. The number of carbonyl (C=O) groups is 1. The molecule has 0 bridgehead atoms. The first kappa shape index (κ1) is 13.1. The Morgan fingerprint density at radius 3 is 2.94 bits per heavy atom. The van der Waals surface area contributed by atoms with Crippen molar-refractivity contribution >= 4 is 11.6 Å². The summed E-state index contributed by atoms with van der Waals surface area (Å²) in [4.78, 5) is 13.7. The van der Waals surface area contributed by atoms with E-state index in [0.29, 0.717) is 19.5 Å². The summed E-state index contributed by atoms with van der Waals surface area (Å²) in [6.45, 7) is 3.70. The number of hydrogen-bond donors (Lipinski definition) is 2. The number of rotatable bonds is 5. The summed E-state index contributed by atoms with van der Waals surface area (Å²) in [6, 6.07) is 7.92. The number of hydrogen-bond acceptors (Lipinski definition) is 3. The number of likely N-dealkylation sites (N-methyl/N-ethyl adjacent to an activating group) is 1. The van der Waals surface area contributed by atoms with E-state index in [2.05, 4.69) is 5.32 Å². The Hall–Kier alpha value is -1.39. The quantitative estimate of drug-likeness (QED) is 0.815. The second-order valence-corrected chi connectivity index (χ2v) is 4.59. The number of nitrogens with zero attached hydrogens (tertiary/aromatic N) is 1. The van der Waals surface area contributed by atoms with Gasteiger partial charge in [-0.2, -0.15) is 0 Å². The highest BCUT2D eigenvalue weighted by Crippen LogP contribution is 2.27. The first-order valence-corrected chi connectivity index (χ1v) is 6.49. The Morgan fingerprint density at radius 2 is 2.17 bits per heavy atom. The normalized spacial score (nSPS) is 16.6. The summed E-state index contributed by atoms with van der Waals surface area (Å²) < 4.78 is 0. The summed E-state index contributed by atoms with van der Waals surface area (Å²) >= 11 is 0. The van der Waals surface area contributed by atoms with Gasteiger partial charge in [0.2, 0.25) is 5.91 Å². The highest BCUT2D eigenvalue weighted by Gasteiger charge is 2.25. The van der Waals surface area contributed by atoms with Gasteiger partial charge in [0.15, 0.2) is 0 Å². The Bertz CT molecular complexity index is 420. The zero-order chi connectivity index (χ0) is 13.0. The number of carbonyl (C=O) groups excluding carboxylic acids is 1. The number of β-amino-alcohol motifs (C(OH)–C–C–N with tert-alkyl or cyclic N) is 1. The van der Waals surface area contributed by atoms with Gasteiger partial charge in [-0.3, -0.25) is 4.79 Å².